The summed E-state index contributed by atoms with van der Waals surface area (Å²) in [7, 11) is 0. The van der Waals surface area contributed by atoms with Crippen molar-refractivity contribution in [3.05, 3.63) is 44.2 Å². The van der Waals surface area contributed by atoms with Crippen LogP contribution in [0, 0.1) is 5.82 Å². The Bertz CT molecular complexity index is 818. The fourth-order valence-electron chi connectivity index (χ4n) is 2.70. The van der Waals surface area contributed by atoms with Crippen molar-refractivity contribution in [3.8, 4) is 0 Å². The van der Waals surface area contributed by atoms with Crippen LogP contribution in [0.1, 0.15) is 49.5 Å². The van der Waals surface area contributed by atoms with Gasteiger partial charge in [0.05, 0.1) is 38.5 Å². The van der Waals surface area contributed by atoms with Gasteiger partial charge in [0.1, 0.15) is 5.82 Å². The molecule has 0 N–H and O–H groups in total. The van der Waals surface area contributed by atoms with E-state index in [0.717, 1.165) is 12.1 Å². The number of aliphatic imine (C=N–C) groups is 1. The molecule has 0 fully saturated rings. The van der Waals surface area contributed by atoms with Gasteiger partial charge in [0, 0.05) is 5.56 Å². The second kappa shape index (κ2) is 8.31. The van der Waals surface area contributed by atoms with Crippen LogP contribution < -0.4 is 0 Å². The standard InChI is InChI=1S/C18H17BrClF4NO2/c1-4-5-13-14(18(22,23)24)15(19)16(25-13)10-6-9(11(20)7-12(10)21)17(26)27-8(2)3/h6-8,13H,4-5H2,1-3H3. The molecule has 0 saturated heterocycles. The molecule has 1 aliphatic rings. The van der Waals surface area contributed by atoms with E-state index in [-0.39, 0.29) is 32.8 Å². The summed E-state index contributed by atoms with van der Waals surface area (Å²) in [5, 5.41) is -0.193. The van der Waals surface area contributed by atoms with Gasteiger partial charge in [-0.05, 0) is 48.3 Å². The molecule has 27 heavy (non-hydrogen) atoms. The van der Waals surface area contributed by atoms with Crippen LogP contribution in [0.3, 0.4) is 0 Å². The normalized spacial score (nSPS) is 17.6. The Labute approximate surface area is 167 Å². The average Bonchev–Trinajstić information content (AvgIpc) is 2.83. The average molecular weight is 471 g/mol. The minimum absolute atomic E-state index is 0.141. The molecule has 1 heterocycles. The van der Waals surface area contributed by atoms with E-state index in [1.807, 2.05) is 0 Å². The third-order valence-corrected chi connectivity index (χ3v) is 4.92. The van der Waals surface area contributed by atoms with Crippen LogP contribution in [0.25, 0.3) is 0 Å². The van der Waals surface area contributed by atoms with Gasteiger partial charge in [0.15, 0.2) is 0 Å². The van der Waals surface area contributed by atoms with Crippen molar-refractivity contribution in [2.24, 2.45) is 4.99 Å². The van der Waals surface area contributed by atoms with Gasteiger partial charge in [0.2, 0.25) is 0 Å². The summed E-state index contributed by atoms with van der Waals surface area (Å²) < 4.78 is 59.5. The van der Waals surface area contributed by atoms with Crippen molar-refractivity contribution in [1.82, 2.24) is 0 Å². The minimum atomic E-state index is -4.62. The summed E-state index contributed by atoms with van der Waals surface area (Å²) in [6.07, 6.45) is -4.43. The van der Waals surface area contributed by atoms with Crippen molar-refractivity contribution in [3.63, 3.8) is 0 Å². The van der Waals surface area contributed by atoms with Gasteiger partial charge in [-0.15, -0.1) is 0 Å². The highest BCUT2D eigenvalue weighted by Crippen LogP contribution is 2.42. The zero-order valence-electron chi connectivity index (χ0n) is 14.8. The number of carbonyl (C=O) groups excluding carboxylic acids is 1. The molecule has 9 heteroatoms. The molecule has 2 rings (SSSR count). The van der Waals surface area contributed by atoms with Crippen molar-refractivity contribution in [2.75, 3.05) is 0 Å². The molecule has 1 aliphatic heterocycles. The summed E-state index contributed by atoms with van der Waals surface area (Å²) in [6.45, 7) is 4.99. The molecule has 1 aromatic rings. The number of rotatable bonds is 5. The number of allylic oxidation sites excluding steroid dienone is 1. The van der Waals surface area contributed by atoms with Gasteiger partial charge in [-0.25, -0.2) is 9.18 Å². The molecule has 0 aromatic heterocycles. The molecule has 0 saturated carbocycles. The lowest BCUT2D eigenvalue weighted by Crippen LogP contribution is -2.21. The lowest BCUT2D eigenvalue weighted by molar-refractivity contribution is -0.0952. The quantitative estimate of drug-likeness (QED) is 0.378. The number of halogens is 6. The highest BCUT2D eigenvalue weighted by Gasteiger charge is 2.45. The van der Waals surface area contributed by atoms with Crippen LogP contribution >= 0.6 is 27.5 Å². The van der Waals surface area contributed by atoms with Gasteiger partial charge in [-0.3, -0.25) is 4.99 Å². The maximum Gasteiger partial charge on any atom is 0.415 e. The van der Waals surface area contributed by atoms with Gasteiger partial charge >= 0.3 is 12.1 Å². The van der Waals surface area contributed by atoms with Crippen LogP contribution in [0.2, 0.25) is 5.02 Å². The molecular formula is C18H17BrClF4NO2. The first-order chi connectivity index (χ1) is 12.5. The Balaban J connectivity index is 2.58. The van der Waals surface area contributed by atoms with E-state index < -0.39 is 35.7 Å². The molecule has 0 radical (unpaired) electrons. The number of esters is 1. The summed E-state index contributed by atoms with van der Waals surface area (Å²) in [6, 6.07) is 0.808. The van der Waals surface area contributed by atoms with Crippen molar-refractivity contribution < 1.29 is 27.1 Å². The number of alkyl halides is 3. The third kappa shape index (κ3) is 4.71. The Morgan fingerprint density at radius 1 is 1.37 bits per heavy atom. The smallest absolute Gasteiger partial charge is 0.415 e. The summed E-state index contributed by atoms with van der Waals surface area (Å²) in [5.74, 6) is -1.67. The van der Waals surface area contributed by atoms with Crippen LogP contribution in [-0.4, -0.2) is 30.0 Å². The molecule has 0 spiro atoms. The SMILES string of the molecule is CCCC1N=C(c2cc(C(=O)OC(C)C)c(Cl)cc2F)C(Br)=C1C(F)(F)F. The fraction of sp³-hybridized carbons (Fsp3) is 0.444. The van der Waals surface area contributed by atoms with Gasteiger partial charge in [-0.2, -0.15) is 13.2 Å². The van der Waals surface area contributed by atoms with Gasteiger partial charge in [0.25, 0.3) is 0 Å². The van der Waals surface area contributed by atoms with Crippen molar-refractivity contribution in [1.29, 1.82) is 0 Å². The Hall–Kier alpha value is -1.41. The highest BCUT2D eigenvalue weighted by molar-refractivity contribution is 9.12. The maximum absolute atomic E-state index is 14.5. The maximum atomic E-state index is 14.5. The first-order valence-electron chi connectivity index (χ1n) is 8.22. The van der Waals surface area contributed by atoms with Crippen LogP contribution in [0.5, 0.6) is 0 Å². The van der Waals surface area contributed by atoms with E-state index in [0.29, 0.717) is 6.42 Å². The zero-order valence-corrected chi connectivity index (χ0v) is 17.1. The second-order valence-corrected chi connectivity index (χ2v) is 7.47. The van der Waals surface area contributed by atoms with E-state index in [4.69, 9.17) is 16.3 Å². The third-order valence-electron chi connectivity index (χ3n) is 3.80. The summed E-state index contributed by atoms with van der Waals surface area (Å²) in [4.78, 5) is 16.2. The predicted octanol–water partition coefficient (Wildman–Crippen LogP) is 6.23. The molecule has 0 amide bonds. The lowest BCUT2D eigenvalue weighted by atomic mass is 10.0. The first-order valence-corrected chi connectivity index (χ1v) is 9.39. The minimum Gasteiger partial charge on any atom is -0.459 e. The monoisotopic (exact) mass is 469 g/mol. The van der Waals surface area contributed by atoms with Crippen molar-refractivity contribution in [2.45, 2.75) is 51.9 Å². The number of benzene rings is 1. The largest absolute Gasteiger partial charge is 0.459 e. The predicted molar refractivity (Wildman–Crippen MR) is 99.2 cm³/mol. The second-order valence-electron chi connectivity index (χ2n) is 6.27. The molecule has 148 valence electrons. The Morgan fingerprint density at radius 3 is 2.52 bits per heavy atom. The Kier molecular flexibility index (Phi) is 6.73. The van der Waals surface area contributed by atoms with E-state index in [9.17, 15) is 22.4 Å². The molecule has 1 aromatic carbocycles. The molecule has 0 bridgehead atoms. The highest BCUT2D eigenvalue weighted by atomic mass is 79.9. The Morgan fingerprint density at radius 2 is 2.00 bits per heavy atom. The zero-order chi connectivity index (χ0) is 20.5. The summed E-state index contributed by atoms with van der Waals surface area (Å²) >= 11 is 8.84. The van der Waals surface area contributed by atoms with E-state index in [1.165, 1.54) is 0 Å². The van der Waals surface area contributed by atoms with Crippen LogP contribution in [-0.2, 0) is 4.74 Å². The van der Waals surface area contributed by atoms with Gasteiger partial charge in [-0.1, -0.05) is 24.9 Å². The molecule has 3 nitrogen and oxygen atoms in total. The number of carbonyl (C=O) groups is 1. The van der Waals surface area contributed by atoms with E-state index >= 15 is 0 Å². The number of hydrogen-bond acceptors (Lipinski definition) is 3. The number of ether oxygens (including phenoxy) is 1. The number of hydrogen-bond donors (Lipinski definition) is 0. The summed E-state index contributed by atoms with van der Waals surface area (Å²) in [5.41, 5.74) is -1.45. The molecule has 1 atom stereocenters. The van der Waals surface area contributed by atoms with Crippen LogP contribution in [0.4, 0.5) is 17.6 Å². The molecule has 0 aliphatic carbocycles. The van der Waals surface area contributed by atoms with E-state index in [2.05, 4.69) is 20.9 Å². The van der Waals surface area contributed by atoms with Crippen LogP contribution in [0.15, 0.2) is 27.2 Å². The molecular weight excluding hydrogens is 454 g/mol. The van der Waals surface area contributed by atoms with Crippen molar-refractivity contribution >= 4 is 39.2 Å². The van der Waals surface area contributed by atoms with Gasteiger partial charge < -0.3 is 4.74 Å². The topological polar surface area (TPSA) is 38.7 Å². The lowest BCUT2D eigenvalue weighted by Gasteiger charge is -2.15. The first kappa shape index (κ1) is 21.9. The van der Waals surface area contributed by atoms with E-state index in [1.54, 1.807) is 20.8 Å². The molecule has 1 unspecified atom stereocenters. The number of nitrogens with zero attached hydrogens (tertiary/aromatic N) is 1. The fourth-order valence-corrected chi connectivity index (χ4v) is 3.73.